The molecular weight excluding hydrogens is 280 g/mol. The summed E-state index contributed by atoms with van der Waals surface area (Å²) in [5, 5.41) is 10.7. The summed E-state index contributed by atoms with van der Waals surface area (Å²) in [6.07, 6.45) is 3.50. The lowest BCUT2D eigenvalue weighted by atomic mass is 9.75. The fraction of sp³-hybridized carbons (Fsp3) is 0.294. The van der Waals surface area contributed by atoms with Crippen molar-refractivity contribution < 1.29 is 14.6 Å². The molecule has 2 unspecified atom stereocenters. The third-order valence-electron chi connectivity index (χ3n) is 4.13. The van der Waals surface area contributed by atoms with Gasteiger partial charge in [0.25, 0.3) is 0 Å². The topological polar surface area (TPSA) is 64.3 Å². The molecule has 0 spiro atoms. The van der Waals surface area contributed by atoms with Gasteiger partial charge in [-0.2, -0.15) is 0 Å². The van der Waals surface area contributed by atoms with Crippen molar-refractivity contribution in [1.29, 1.82) is 0 Å². The number of carbonyl (C=O) groups is 1. The smallest absolute Gasteiger partial charge is 0.356 e. The second kappa shape index (κ2) is 5.10. The number of hydrogen-bond donors (Lipinski definition) is 1. The second-order valence-corrected chi connectivity index (χ2v) is 5.78. The van der Waals surface area contributed by atoms with Crippen molar-refractivity contribution in [3.05, 3.63) is 65.8 Å². The summed E-state index contributed by atoms with van der Waals surface area (Å²) in [4.78, 5) is 16.0. The number of nitrogens with zero attached hydrogens (tertiary/aromatic N) is 2. The highest BCUT2D eigenvalue weighted by molar-refractivity contribution is 5.87. The minimum Gasteiger partial charge on any atom is -0.464 e. The van der Waals surface area contributed by atoms with E-state index in [9.17, 15) is 9.90 Å². The molecule has 1 aromatic carbocycles. The molecule has 2 aromatic rings. The first-order valence-corrected chi connectivity index (χ1v) is 7.05. The molecule has 1 aromatic heterocycles. The van der Waals surface area contributed by atoms with Crippen LogP contribution in [0.4, 0.5) is 0 Å². The summed E-state index contributed by atoms with van der Waals surface area (Å²) in [6.45, 7) is 5.89. The van der Waals surface area contributed by atoms with Crippen LogP contribution in [0.15, 0.2) is 48.9 Å². The van der Waals surface area contributed by atoms with E-state index in [0.717, 1.165) is 16.7 Å². The molecule has 0 amide bonds. The van der Waals surface area contributed by atoms with Gasteiger partial charge in [-0.15, -0.1) is 0 Å². The predicted octanol–water partition coefficient (Wildman–Crippen LogP) is 2.43. The van der Waals surface area contributed by atoms with Crippen molar-refractivity contribution in [2.24, 2.45) is 0 Å². The fourth-order valence-corrected chi connectivity index (χ4v) is 3.20. The Bertz CT molecular complexity index is 746. The Morgan fingerprint density at radius 1 is 1.50 bits per heavy atom. The highest BCUT2D eigenvalue weighted by Crippen LogP contribution is 2.44. The van der Waals surface area contributed by atoms with Crippen molar-refractivity contribution >= 4 is 5.97 Å². The van der Waals surface area contributed by atoms with Gasteiger partial charge in [-0.25, -0.2) is 9.78 Å². The average molecular weight is 298 g/mol. The molecular formula is C17H18N2O3. The molecule has 22 heavy (non-hydrogen) atoms. The number of fused-ring (bicyclic) bond motifs is 1. The van der Waals surface area contributed by atoms with Gasteiger partial charge in [0.15, 0.2) is 0 Å². The van der Waals surface area contributed by atoms with E-state index >= 15 is 0 Å². The van der Waals surface area contributed by atoms with E-state index in [-0.39, 0.29) is 6.04 Å². The Kier molecular flexibility index (Phi) is 3.37. The summed E-state index contributed by atoms with van der Waals surface area (Å²) in [5.41, 5.74) is 2.00. The summed E-state index contributed by atoms with van der Waals surface area (Å²) < 4.78 is 6.56. The minimum atomic E-state index is -0.962. The summed E-state index contributed by atoms with van der Waals surface area (Å²) in [6, 6.07) is 7.42. The minimum absolute atomic E-state index is 0.243. The molecule has 1 N–H and O–H groups in total. The number of hydrogen-bond acceptors (Lipinski definition) is 4. The van der Waals surface area contributed by atoms with Crippen LogP contribution in [0, 0.1) is 0 Å². The van der Waals surface area contributed by atoms with Gasteiger partial charge in [-0.1, -0.05) is 30.8 Å². The summed E-state index contributed by atoms with van der Waals surface area (Å²) in [7, 11) is 1.34. The van der Waals surface area contributed by atoms with Crippen molar-refractivity contribution in [3.8, 4) is 0 Å². The zero-order chi connectivity index (χ0) is 15.9. The van der Waals surface area contributed by atoms with Gasteiger partial charge in [0, 0.05) is 6.42 Å². The van der Waals surface area contributed by atoms with Gasteiger partial charge in [0.05, 0.1) is 31.3 Å². The molecule has 2 atom stereocenters. The number of carbonyl (C=O) groups excluding carboxylic acids is 1. The highest BCUT2D eigenvalue weighted by Gasteiger charge is 2.38. The van der Waals surface area contributed by atoms with Gasteiger partial charge >= 0.3 is 5.97 Å². The first-order chi connectivity index (χ1) is 10.5. The normalized spacial score (nSPS) is 24.0. The molecule has 0 radical (unpaired) electrons. The zero-order valence-corrected chi connectivity index (χ0v) is 12.6. The molecule has 114 valence electrons. The van der Waals surface area contributed by atoms with Gasteiger partial charge in [0.1, 0.15) is 5.69 Å². The zero-order valence-electron chi connectivity index (χ0n) is 12.6. The molecule has 0 saturated heterocycles. The average Bonchev–Trinajstić information content (AvgIpc) is 2.95. The molecule has 0 aliphatic heterocycles. The first-order valence-electron chi connectivity index (χ1n) is 7.05. The summed E-state index contributed by atoms with van der Waals surface area (Å²) >= 11 is 0. The third-order valence-corrected chi connectivity index (χ3v) is 4.13. The predicted molar refractivity (Wildman–Crippen MR) is 81.5 cm³/mol. The van der Waals surface area contributed by atoms with Crippen molar-refractivity contribution in [2.75, 3.05) is 7.11 Å². The maximum absolute atomic E-state index is 11.9. The number of ether oxygens (including phenoxy) is 1. The maximum Gasteiger partial charge on any atom is 0.356 e. The van der Waals surface area contributed by atoms with E-state index in [1.807, 2.05) is 24.3 Å². The Hall–Kier alpha value is -2.40. The lowest BCUT2D eigenvalue weighted by Gasteiger charge is -2.38. The Balaban J connectivity index is 2.18. The molecule has 1 heterocycles. The second-order valence-electron chi connectivity index (χ2n) is 5.78. The van der Waals surface area contributed by atoms with Crippen LogP contribution in [0.25, 0.3) is 0 Å². The lowest BCUT2D eigenvalue weighted by molar-refractivity contribution is 0.0486. The molecule has 1 aliphatic carbocycles. The number of rotatable bonds is 2. The summed E-state index contributed by atoms with van der Waals surface area (Å²) in [5.74, 6) is -0.444. The van der Waals surface area contributed by atoms with Crippen LogP contribution in [0.2, 0.25) is 0 Å². The van der Waals surface area contributed by atoms with E-state index in [1.165, 1.54) is 13.3 Å². The van der Waals surface area contributed by atoms with Crippen LogP contribution in [0.1, 0.15) is 41.0 Å². The third kappa shape index (κ3) is 2.14. The first kappa shape index (κ1) is 14.5. The van der Waals surface area contributed by atoms with Crippen LogP contribution in [-0.4, -0.2) is 27.7 Å². The van der Waals surface area contributed by atoms with Crippen LogP contribution in [-0.2, 0) is 10.3 Å². The van der Waals surface area contributed by atoms with E-state index < -0.39 is 11.6 Å². The molecule has 1 aliphatic rings. The number of aromatic nitrogens is 2. The Morgan fingerprint density at radius 3 is 2.95 bits per heavy atom. The van der Waals surface area contributed by atoms with Gasteiger partial charge < -0.3 is 14.4 Å². The van der Waals surface area contributed by atoms with Crippen molar-refractivity contribution in [3.63, 3.8) is 0 Å². The van der Waals surface area contributed by atoms with Crippen molar-refractivity contribution in [1.82, 2.24) is 9.55 Å². The lowest BCUT2D eigenvalue weighted by Crippen LogP contribution is -2.33. The van der Waals surface area contributed by atoms with Crippen LogP contribution >= 0.6 is 0 Å². The van der Waals surface area contributed by atoms with Gasteiger partial charge in [-0.05, 0) is 23.6 Å². The standard InChI is InChI=1S/C17H18N2O3/c1-11-8-17(2,21)13-7-5-4-6-12(13)15(11)19-10-18-9-14(19)16(20)22-3/h4-7,9-10,15,21H,1,8H2,2-3H3. The van der Waals surface area contributed by atoms with E-state index in [1.54, 1.807) is 17.8 Å². The number of methoxy groups -OCH3 is 1. The monoisotopic (exact) mass is 298 g/mol. The van der Waals surface area contributed by atoms with Crippen LogP contribution in [0.5, 0.6) is 0 Å². The fourth-order valence-electron chi connectivity index (χ4n) is 3.20. The number of aliphatic hydroxyl groups is 1. The number of benzene rings is 1. The maximum atomic E-state index is 11.9. The number of imidazole rings is 1. The van der Waals surface area contributed by atoms with Gasteiger partial charge in [0.2, 0.25) is 0 Å². The molecule has 5 nitrogen and oxygen atoms in total. The highest BCUT2D eigenvalue weighted by atomic mass is 16.5. The molecule has 0 bridgehead atoms. The van der Waals surface area contributed by atoms with E-state index in [4.69, 9.17) is 4.74 Å². The largest absolute Gasteiger partial charge is 0.464 e. The number of esters is 1. The Morgan fingerprint density at radius 2 is 2.23 bits per heavy atom. The van der Waals surface area contributed by atoms with E-state index in [0.29, 0.717) is 12.1 Å². The molecule has 0 saturated carbocycles. The van der Waals surface area contributed by atoms with Crippen LogP contribution < -0.4 is 0 Å². The van der Waals surface area contributed by atoms with Crippen LogP contribution in [0.3, 0.4) is 0 Å². The SMILES string of the molecule is C=C1CC(C)(O)c2ccccc2C1n1cncc1C(=O)OC. The molecule has 5 heteroatoms. The molecule has 3 rings (SSSR count). The Labute approximate surface area is 128 Å². The van der Waals surface area contributed by atoms with E-state index in [2.05, 4.69) is 11.6 Å². The van der Waals surface area contributed by atoms with Crippen molar-refractivity contribution in [2.45, 2.75) is 25.0 Å². The van der Waals surface area contributed by atoms with Gasteiger partial charge in [-0.3, -0.25) is 0 Å². The quantitative estimate of drug-likeness (QED) is 0.683. The molecule has 0 fully saturated rings.